The average molecular weight is 539 g/mol. The van der Waals surface area contributed by atoms with E-state index in [4.69, 9.17) is 14.7 Å². The third-order valence-corrected chi connectivity index (χ3v) is 7.41. The summed E-state index contributed by atoms with van der Waals surface area (Å²) in [5.41, 5.74) is 6.58. The Kier molecular flexibility index (Phi) is 7.39. The van der Waals surface area contributed by atoms with Gasteiger partial charge in [0, 0.05) is 17.7 Å². The first-order chi connectivity index (χ1) is 19.1. The molecule has 0 fully saturated rings. The number of carbonyl (C=O) groups is 2. The normalized spacial score (nSPS) is 15.5. The highest BCUT2D eigenvalue weighted by Crippen LogP contribution is 2.45. The zero-order valence-electron chi connectivity index (χ0n) is 23.4. The molecule has 206 valence electrons. The first-order valence-corrected chi connectivity index (χ1v) is 13.7. The van der Waals surface area contributed by atoms with E-state index in [-0.39, 0.29) is 12.3 Å². The molecule has 1 N–H and O–H groups in total. The van der Waals surface area contributed by atoms with Gasteiger partial charge in [-0.25, -0.2) is 4.79 Å². The van der Waals surface area contributed by atoms with Gasteiger partial charge in [-0.3, -0.25) is 4.79 Å². The first kappa shape index (κ1) is 27.4. The predicted molar refractivity (Wildman–Crippen MR) is 152 cm³/mol. The van der Waals surface area contributed by atoms with Crippen LogP contribution in [-0.2, 0) is 33.7 Å². The molecule has 40 heavy (non-hydrogen) atoms. The molecule has 0 radical (unpaired) electrons. The van der Waals surface area contributed by atoms with Gasteiger partial charge in [0.15, 0.2) is 6.10 Å². The van der Waals surface area contributed by atoms with Crippen molar-refractivity contribution in [3.8, 4) is 22.9 Å². The molecule has 3 aromatic rings. The summed E-state index contributed by atoms with van der Waals surface area (Å²) in [7, 11) is 0. The molecule has 1 unspecified atom stereocenters. The first-order valence-electron chi connectivity index (χ1n) is 13.7. The third-order valence-electron chi connectivity index (χ3n) is 7.41. The van der Waals surface area contributed by atoms with E-state index < -0.39 is 17.7 Å². The lowest BCUT2D eigenvalue weighted by atomic mass is 9.83. The number of fused-ring (bicyclic) bond motifs is 2. The summed E-state index contributed by atoms with van der Waals surface area (Å²) < 4.78 is 12.1. The van der Waals surface area contributed by atoms with E-state index in [0.29, 0.717) is 36.4 Å². The van der Waals surface area contributed by atoms with Gasteiger partial charge < -0.3 is 19.5 Å². The van der Waals surface area contributed by atoms with Gasteiger partial charge in [0.2, 0.25) is 5.91 Å². The minimum atomic E-state index is -1.22. The molecule has 1 atom stereocenters. The summed E-state index contributed by atoms with van der Waals surface area (Å²) in [5.74, 6) is -0.225. The van der Waals surface area contributed by atoms with Crippen LogP contribution in [0.3, 0.4) is 0 Å². The maximum Gasteiger partial charge on any atom is 0.337 e. The summed E-state index contributed by atoms with van der Waals surface area (Å²) >= 11 is 0. The number of amides is 1. The molecule has 0 aliphatic carbocycles. The fourth-order valence-corrected chi connectivity index (χ4v) is 5.69. The van der Waals surface area contributed by atoms with Crippen LogP contribution in [0.4, 0.5) is 5.69 Å². The van der Waals surface area contributed by atoms with Gasteiger partial charge in [-0.2, -0.15) is 5.26 Å². The Morgan fingerprint density at radius 1 is 1.12 bits per heavy atom. The number of nitrogens with zero attached hydrogens (tertiary/aromatic N) is 2. The van der Waals surface area contributed by atoms with Crippen LogP contribution in [-0.4, -0.2) is 29.2 Å². The SMILES string of the molecule is Cc1cc2c(c(C(OC(C)(C)C)C(=O)O)c1-c1ccc3c(c1)CCCO3)CCC(=O)N2Cc1ccc(C#N)cc1. The van der Waals surface area contributed by atoms with E-state index in [1.54, 1.807) is 17.0 Å². The highest BCUT2D eigenvalue weighted by atomic mass is 16.5. The molecule has 7 heteroatoms. The molecule has 0 spiro atoms. The number of rotatable bonds is 6. The van der Waals surface area contributed by atoms with Crippen molar-refractivity contribution in [3.05, 3.63) is 81.9 Å². The molecule has 3 aromatic carbocycles. The van der Waals surface area contributed by atoms with Gasteiger partial charge in [-0.05, 0) is 111 Å². The quantitative estimate of drug-likeness (QED) is 0.397. The van der Waals surface area contributed by atoms with Crippen molar-refractivity contribution in [1.82, 2.24) is 0 Å². The number of aryl methyl sites for hydroxylation is 2. The van der Waals surface area contributed by atoms with Crippen LogP contribution < -0.4 is 9.64 Å². The van der Waals surface area contributed by atoms with Crippen LogP contribution >= 0.6 is 0 Å². The second-order valence-electron chi connectivity index (χ2n) is 11.5. The van der Waals surface area contributed by atoms with E-state index in [1.807, 2.05) is 58.0 Å². The number of ether oxygens (including phenoxy) is 2. The number of carboxylic acid groups (broad SMARTS) is 1. The van der Waals surface area contributed by atoms with Gasteiger partial charge in [-0.15, -0.1) is 0 Å². The largest absolute Gasteiger partial charge is 0.493 e. The van der Waals surface area contributed by atoms with E-state index in [9.17, 15) is 14.7 Å². The van der Waals surface area contributed by atoms with Gasteiger partial charge in [0.05, 0.1) is 30.4 Å². The summed E-state index contributed by atoms with van der Waals surface area (Å²) in [6.45, 7) is 8.53. The summed E-state index contributed by atoms with van der Waals surface area (Å²) in [5, 5.41) is 19.7. The number of nitriles is 1. The summed E-state index contributed by atoms with van der Waals surface area (Å²) in [6, 6.07) is 17.3. The Labute approximate surface area is 235 Å². The summed E-state index contributed by atoms with van der Waals surface area (Å²) in [4.78, 5) is 27.8. The van der Waals surface area contributed by atoms with Crippen LogP contribution in [0.25, 0.3) is 11.1 Å². The van der Waals surface area contributed by atoms with Crippen molar-refractivity contribution in [2.45, 2.75) is 71.6 Å². The Bertz CT molecular complexity index is 1510. The minimum absolute atomic E-state index is 0.0236. The molecular weight excluding hydrogens is 504 g/mol. The molecule has 0 saturated heterocycles. The molecule has 0 aromatic heterocycles. The van der Waals surface area contributed by atoms with Crippen molar-refractivity contribution >= 4 is 17.6 Å². The van der Waals surface area contributed by atoms with Crippen molar-refractivity contribution in [2.75, 3.05) is 11.5 Å². The maximum atomic E-state index is 13.3. The van der Waals surface area contributed by atoms with Crippen LogP contribution in [0, 0.1) is 18.3 Å². The standard InChI is InChI=1S/C33H34N2O5/c1-20-16-26-25(12-14-28(36)35(26)19-22-9-7-21(18-34)8-10-22)30(31(32(37)38)40-33(2,3)4)29(20)24-11-13-27-23(17-24)6-5-15-39-27/h7-11,13,16-17,31H,5-6,12,14-15,19H2,1-4H3,(H,37,38). The number of aliphatic carboxylic acids is 1. The predicted octanol–water partition coefficient (Wildman–Crippen LogP) is 6.28. The van der Waals surface area contributed by atoms with E-state index in [2.05, 4.69) is 12.1 Å². The maximum absolute atomic E-state index is 13.3. The van der Waals surface area contributed by atoms with Crippen LogP contribution in [0.5, 0.6) is 5.75 Å². The fourth-order valence-electron chi connectivity index (χ4n) is 5.69. The Hall–Kier alpha value is -4.15. The molecular formula is C33H34N2O5. The van der Waals surface area contributed by atoms with Gasteiger partial charge >= 0.3 is 5.97 Å². The lowest BCUT2D eigenvalue weighted by molar-refractivity contribution is -0.160. The van der Waals surface area contributed by atoms with E-state index in [0.717, 1.165) is 52.0 Å². The van der Waals surface area contributed by atoms with E-state index >= 15 is 0 Å². The molecule has 2 aliphatic heterocycles. The molecule has 1 amide bonds. The topological polar surface area (TPSA) is 99.9 Å². The second kappa shape index (κ2) is 10.8. The molecule has 0 bridgehead atoms. The molecule has 5 rings (SSSR count). The lowest BCUT2D eigenvalue weighted by Crippen LogP contribution is -2.36. The summed E-state index contributed by atoms with van der Waals surface area (Å²) in [6.07, 6.45) is 1.30. The Morgan fingerprint density at radius 3 is 2.55 bits per heavy atom. The van der Waals surface area contributed by atoms with Gasteiger partial charge in [0.1, 0.15) is 5.75 Å². The number of carboxylic acids is 1. The molecule has 2 heterocycles. The van der Waals surface area contributed by atoms with Crippen LogP contribution in [0.15, 0.2) is 48.5 Å². The van der Waals surface area contributed by atoms with Gasteiger partial charge in [0.25, 0.3) is 0 Å². The number of carbonyl (C=O) groups excluding carboxylic acids is 1. The zero-order chi connectivity index (χ0) is 28.6. The Morgan fingerprint density at radius 2 is 1.88 bits per heavy atom. The number of hydrogen-bond acceptors (Lipinski definition) is 5. The number of anilines is 1. The smallest absolute Gasteiger partial charge is 0.337 e. The van der Waals surface area contributed by atoms with E-state index in [1.165, 1.54) is 0 Å². The van der Waals surface area contributed by atoms with Crippen molar-refractivity contribution < 1.29 is 24.2 Å². The zero-order valence-corrected chi connectivity index (χ0v) is 23.4. The molecule has 2 aliphatic rings. The average Bonchev–Trinajstić information content (AvgIpc) is 2.92. The van der Waals surface area contributed by atoms with Crippen molar-refractivity contribution in [2.24, 2.45) is 0 Å². The highest BCUT2D eigenvalue weighted by molar-refractivity contribution is 5.98. The van der Waals surface area contributed by atoms with Gasteiger partial charge in [-0.1, -0.05) is 18.2 Å². The monoisotopic (exact) mass is 538 g/mol. The minimum Gasteiger partial charge on any atom is -0.493 e. The molecule has 7 nitrogen and oxygen atoms in total. The van der Waals surface area contributed by atoms with Crippen molar-refractivity contribution in [3.63, 3.8) is 0 Å². The number of benzene rings is 3. The highest BCUT2D eigenvalue weighted by Gasteiger charge is 2.36. The third kappa shape index (κ3) is 5.45. The second-order valence-corrected chi connectivity index (χ2v) is 11.5. The fraction of sp³-hybridized carbons (Fsp3) is 0.364. The molecule has 0 saturated carbocycles. The lowest BCUT2D eigenvalue weighted by Gasteiger charge is -2.35. The van der Waals surface area contributed by atoms with Crippen LogP contribution in [0.2, 0.25) is 0 Å². The Balaban J connectivity index is 1.71. The van der Waals surface area contributed by atoms with Crippen molar-refractivity contribution in [1.29, 1.82) is 5.26 Å². The number of hydrogen-bond donors (Lipinski definition) is 1. The van der Waals surface area contributed by atoms with Crippen LogP contribution in [0.1, 0.15) is 73.1 Å².